The molecule has 0 saturated heterocycles. The van der Waals surface area contributed by atoms with E-state index in [2.05, 4.69) is 44.2 Å². The fourth-order valence-corrected chi connectivity index (χ4v) is 3.32. The minimum Gasteiger partial charge on any atom is -0.313 e. The third kappa shape index (κ3) is 4.27. The molecule has 0 unspecified atom stereocenters. The first-order valence-corrected chi connectivity index (χ1v) is 8.85. The van der Waals surface area contributed by atoms with Gasteiger partial charge in [0, 0.05) is 17.1 Å². The van der Waals surface area contributed by atoms with E-state index in [0.29, 0.717) is 18.5 Å². The van der Waals surface area contributed by atoms with Crippen LogP contribution < -0.4 is 10.0 Å². The number of hydrogen-bond acceptors (Lipinski definition) is 3. The van der Waals surface area contributed by atoms with Crippen LogP contribution in [-0.2, 0) is 10.0 Å². The summed E-state index contributed by atoms with van der Waals surface area (Å²) in [6, 6.07) is 8.83. The lowest BCUT2D eigenvalue weighted by Crippen LogP contribution is -2.42. The lowest BCUT2D eigenvalue weighted by Gasteiger charge is -2.36. The van der Waals surface area contributed by atoms with Crippen LogP contribution in [0, 0.1) is 0 Å². The summed E-state index contributed by atoms with van der Waals surface area (Å²) >= 11 is 3.48. The lowest BCUT2D eigenvalue weighted by molar-refractivity contribution is 0.296. The van der Waals surface area contributed by atoms with Crippen LogP contribution in [0.3, 0.4) is 0 Å². The molecule has 0 amide bonds. The van der Waals surface area contributed by atoms with E-state index in [4.69, 9.17) is 0 Å². The summed E-state index contributed by atoms with van der Waals surface area (Å²) in [5.74, 6) is 0.734. The molecule has 0 bridgehead atoms. The molecule has 2 N–H and O–H groups in total. The van der Waals surface area contributed by atoms with Crippen molar-refractivity contribution < 1.29 is 8.42 Å². The molecule has 1 aromatic carbocycles. The van der Waals surface area contributed by atoms with Crippen molar-refractivity contribution in [2.75, 3.05) is 19.3 Å². The molecule has 2 rings (SSSR count). The van der Waals surface area contributed by atoms with Crippen LogP contribution in [-0.4, -0.2) is 33.8 Å². The summed E-state index contributed by atoms with van der Waals surface area (Å²) in [6.07, 6.45) is 2.16. The van der Waals surface area contributed by atoms with Crippen molar-refractivity contribution in [3.63, 3.8) is 0 Å². The summed E-state index contributed by atoms with van der Waals surface area (Å²) in [7, 11) is -1.64. The molecule has 0 heterocycles. The highest BCUT2D eigenvalue weighted by atomic mass is 79.9. The zero-order valence-corrected chi connectivity index (χ0v) is 13.3. The van der Waals surface area contributed by atoms with Crippen LogP contribution in [0.2, 0.25) is 0 Å². The quantitative estimate of drug-likeness (QED) is 0.826. The molecule has 0 radical (unpaired) electrons. The van der Waals surface area contributed by atoms with Crippen molar-refractivity contribution in [2.24, 2.45) is 0 Å². The number of halogens is 1. The highest BCUT2D eigenvalue weighted by Crippen LogP contribution is 2.37. The Morgan fingerprint density at radius 3 is 2.74 bits per heavy atom. The summed E-state index contributed by atoms with van der Waals surface area (Å²) in [5, 5.41) is 3.29. The van der Waals surface area contributed by atoms with Crippen molar-refractivity contribution in [2.45, 2.75) is 24.8 Å². The van der Waals surface area contributed by atoms with Gasteiger partial charge in [-0.3, -0.25) is 0 Å². The Hall–Kier alpha value is -0.430. The predicted molar refractivity (Wildman–Crippen MR) is 80.8 cm³/mol. The van der Waals surface area contributed by atoms with Gasteiger partial charge in [-0.2, -0.15) is 0 Å². The molecular formula is C13H19BrN2O2S. The minimum atomic E-state index is -3.09. The molecule has 0 atom stereocenters. The van der Waals surface area contributed by atoms with E-state index in [1.807, 2.05) is 6.07 Å². The average Bonchev–Trinajstić information content (AvgIpc) is 2.32. The van der Waals surface area contributed by atoms with Crippen LogP contribution in [0.4, 0.5) is 0 Å². The van der Waals surface area contributed by atoms with E-state index in [9.17, 15) is 8.42 Å². The summed E-state index contributed by atoms with van der Waals surface area (Å²) in [5.41, 5.74) is 1.36. The van der Waals surface area contributed by atoms with Crippen LogP contribution in [0.1, 0.15) is 24.3 Å². The molecule has 1 aromatic rings. The van der Waals surface area contributed by atoms with Gasteiger partial charge in [-0.05, 0) is 43.5 Å². The smallest absolute Gasteiger partial charge is 0.212 e. The summed E-state index contributed by atoms with van der Waals surface area (Å²) in [6.45, 7) is 0.513. The van der Waals surface area contributed by atoms with Gasteiger partial charge in [0.2, 0.25) is 10.0 Å². The molecule has 1 fully saturated rings. The Bertz CT molecular complexity index is 527. The van der Waals surface area contributed by atoms with E-state index in [1.54, 1.807) is 0 Å². The standard InChI is InChI=1S/C13H19BrN2O2S/c1-15-19(17,18)6-5-16-13-8-11(9-13)10-3-2-4-12(14)7-10/h2-4,7,11,13,15-16H,5-6,8-9H2,1H3. The third-order valence-corrected chi connectivity index (χ3v) is 5.43. The Kier molecular flexibility index (Phi) is 5.00. The Labute approximate surface area is 123 Å². The van der Waals surface area contributed by atoms with Gasteiger partial charge in [-0.15, -0.1) is 0 Å². The third-order valence-electron chi connectivity index (χ3n) is 3.57. The van der Waals surface area contributed by atoms with Crippen molar-refractivity contribution in [1.82, 2.24) is 10.0 Å². The van der Waals surface area contributed by atoms with Gasteiger partial charge in [-0.25, -0.2) is 13.1 Å². The minimum absolute atomic E-state index is 0.140. The fourth-order valence-electron chi connectivity index (χ4n) is 2.32. The molecule has 4 nitrogen and oxygen atoms in total. The Balaban J connectivity index is 1.72. The van der Waals surface area contributed by atoms with Crippen LogP contribution in [0.5, 0.6) is 0 Å². The SMILES string of the molecule is CNS(=O)(=O)CCNC1CC(c2cccc(Br)c2)C1. The first kappa shape index (κ1) is 15.0. The van der Waals surface area contributed by atoms with Gasteiger partial charge in [-0.1, -0.05) is 28.1 Å². The van der Waals surface area contributed by atoms with Gasteiger partial charge < -0.3 is 5.32 Å². The van der Waals surface area contributed by atoms with Crippen molar-refractivity contribution in [3.8, 4) is 0 Å². The van der Waals surface area contributed by atoms with Crippen molar-refractivity contribution >= 4 is 26.0 Å². The normalized spacial score (nSPS) is 23.1. The molecular weight excluding hydrogens is 328 g/mol. The second-order valence-electron chi connectivity index (χ2n) is 4.90. The number of rotatable bonds is 6. The monoisotopic (exact) mass is 346 g/mol. The van der Waals surface area contributed by atoms with E-state index in [1.165, 1.54) is 12.6 Å². The molecule has 0 aliphatic heterocycles. The van der Waals surface area contributed by atoms with Crippen molar-refractivity contribution in [1.29, 1.82) is 0 Å². The lowest BCUT2D eigenvalue weighted by atomic mass is 9.76. The second-order valence-corrected chi connectivity index (χ2v) is 7.86. The van der Waals surface area contributed by atoms with E-state index >= 15 is 0 Å². The van der Waals surface area contributed by atoms with Gasteiger partial charge >= 0.3 is 0 Å². The maximum Gasteiger partial charge on any atom is 0.212 e. The maximum absolute atomic E-state index is 11.3. The van der Waals surface area contributed by atoms with Crippen LogP contribution >= 0.6 is 15.9 Å². The van der Waals surface area contributed by atoms with Gasteiger partial charge in [0.15, 0.2) is 0 Å². The molecule has 0 spiro atoms. The van der Waals surface area contributed by atoms with Gasteiger partial charge in [0.1, 0.15) is 0 Å². The molecule has 1 aliphatic carbocycles. The van der Waals surface area contributed by atoms with Gasteiger partial charge in [0.25, 0.3) is 0 Å². The fraction of sp³-hybridized carbons (Fsp3) is 0.538. The molecule has 1 saturated carbocycles. The molecule has 6 heteroatoms. The number of benzene rings is 1. The first-order valence-electron chi connectivity index (χ1n) is 6.40. The predicted octanol–water partition coefficient (Wildman–Crippen LogP) is 1.83. The van der Waals surface area contributed by atoms with Gasteiger partial charge in [0.05, 0.1) is 5.75 Å². The average molecular weight is 347 g/mol. The highest BCUT2D eigenvalue weighted by molar-refractivity contribution is 9.10. The number of hydrogen-bond donors (Lipinski definition) is 2. The molecule has 0 aromatic heterocycles. The zero-order valence-electron chi connectivity index (χ0n) is 10.9. The Morgan fingerprint density at radius 1 is 1.37 bits per heavy atom. The number of sulfonamides is 1. The first-order chi connectivity index (χ1) is 9.00. The zero-order chi connectivity index (χ0) is 13.9. The summed E-state index contributed by atoms with van der Waals surface area (Å²) in [4.78, 5) is 0. The van der Waals surface area contributed by atoms with Crippen molar-refractivity contribution in [3.05, 3.63) is 34.3 Å². The van der Waals surface area contributed by atoms with Crippen LogP contribution in [0.25, 0.3) is 0 Å². The Morgan fingerprint density at radius 2 is 2.11 bits per heavy atom. The largest absolute Gasteiger partial charge is 0.313 e. The molecule has 106 valence electrons. The number of nitrogens with one attached hydrogen (secondary N) is 2. The molecule has 1 aliphatic rings. The molecule has 19 heavy (non-hydrogen) atoms. The highest BCUT2D eigenvalue weighted by Gasteiger charge is 2.29. The van der Waals surface area contributed by atoms with E-state index in [-0.39, 0.29) is 5.75 Å². The topological polar surface area (TPSA) is 58.2 Å². The maximum atomic E-state index is 11.3. The van der Waals surface area contributed by atoms with Crippen LogP contribution in [0.15, 0.2) is 28.7 Å². The second kappa shape index (κ2) is 6.35. The summed E-state index contributed by atoms with van der Waals surface area (Å²) < 4.78 is 25.9. The van der Waals surface area contributed by atoms with E-state index in [0.717, 1.165) is 17.3 Å². The van der Waals surface area contributed by atoms with E-state index < -0.39 is 10.0 Å².